The van der Waals surface area contributed by atoms with Crippen molar-refractivity contribution < 1.29 is 14.3 Å². The zero-order valence-corrected chi connectivity index (χ0v) is 23.2. The van der Waals surface area contributed by atoms with Gasteiger partial charge in [-0.1, -0.05) is 12.8 Å². The molecule has 1 aliphatic heterocycles. The number of methoxy groups -OCH3 is 1. The Morgan fingerprint density at radius 3 is 2.51 bits per heavy atom. The molecule has 1 saturated carbocycles. The van der Waals surface area contributed by atoms with E-state index < -0.39 is 0 Å². The molecule has 2 fully saturated rings. The van der Waals surface area contributed by atoms with E-state index in [2.05, 4.69) is 59.1 Å². The number of nitrogens with zero attached hydrogens (tertiary/aromatic N) is 3. The molecular weight excluding hydrogens is 538 g/mol. The topological polar surface area (TPSA) is 121 Å². The number of anilines is 3. The van der Waals surface area contributed by atoms with E-state index in [1.54, 1.807) is 38.4 Å². The average molecular weight is 575 g/mol. The Labute approximate surface area is 226 Å². The maximum absolute atomic E-state index is 12.8. The number of hydrogen-bond acceptors (Lipinski definition) is 8. The molecule has 4 rings (SSSR count). The third-order valence-corrected chi connectivity index (χ3v) is 7.57. The normalized spacial score (nSPS) is 20.6. The van der Waals surface area contributed by atoms with Crippen LogP contribution in [0.3, 0.4) is 0 Å². The van der Waals surface area contributed by atoms with Gasteiger partial charge in [0.2, 0.25) is 11.9 Å². The summed E-state index contributed by atoms with van der Waals surface area (Å²) < 4.78 is 6.30. The van der Waals surface area contributed by atoms with E-state index in [9.17, 15) is 9.59 Å². The Kier molecular flexibility index (Phi) is 9.20. The van der Waals surface area contributed by atoms with Crippen LogP contribution in [0.15, 0.2) is 28.9 Å². The minimum absolute atomic E-state index is 0.0293. The molecule has 11 heteroatoms. The van der Waals surface area contributed by atoms with E-state index in [0.717, 1.165) is 56.1 Å². The lowest BCUT2D eigenvalue weighted by molar-refractivity contribution is -0.119. The molecule has 2 aliphatic rings. The largest absolute Gasteiger partial charge is 0.495 e. The molecule has 1 aliphatic carbocycles. The Morgan fingerprint density at radius 2 is 1.81 bits per heavy atom. The Hall–Kier alpha value is -2.92. The van der Waals surface area contributed by atoms with Gasteiger partial charge in [0.05, 0.1) is 17.3 Å². The van der Waals surface area contributed by atoms with Gasteiger partial charge in [0.25, 0.3) is 5.91 Å². The molecule has 0 unspecified atom stereocenters. The lowest BCUT2D eigenvalue weighted by Gasteiger charge is -2.33. The number of hydrogen-bond donors (Lipinski definition) is 4. The number of carbonyl (C=O) groups excluding carboxylic acids is 2. The molecule has 1 aromatic carbocycles. The molecule has 0 bridgehead atoms. The number of ether oxygens (including phenoxy) is 1. The highest BCUT2D eigenvalue weighted by atomic mass is 79.9. The van der Waals surface area contributed by atoms with E-state index in [-0.39, 0.29) is 29.9 Å². The number of carbonyl (C=O) groups is 2. The van der Waals surface area contributed by atoms with Crippen LogP contribution in [0.1, 0.15) is 55.8 Å². The molecule has 1 saturated heterocycles. The van der Waals surface area contributed by atoms with E-state index >= 15 is 0 Å². The standard InChI is InChI=1S/C26H36BrN7O3/c1-16(35)29-20-6-4-5-7-21(20)31-24-19(27)15-28-26(33-24)32-22-9-8-17(14-23(22)37-3)25(36)30-18-10-12-34(2)13-11-18/h8-9,14-15,18,20-21H,4-7,10-13H2,1-3H3,(H,29,35)(H,30,36)(H2,28,31,32,33)/t20-,21-/m1/s1. The van der Waals surface area contributed by atoms with Crippen molar-refractivity contribution in [2.75, 3.05) is 37.9 Å². The van der Waals surface area contributed by atoms with Crippen LogP contribution in [-0.4, -0.2) is 72.1 Å². The first-order chi connectivity index (χ1) is 17.8. The van der Waals surface area contributed by atoms with Crippen LogP contribution in [0.5, 0.6) is 5.75 Å². The first-order valence-electron chi connectivity index (χ1n) is 12.8. The van der Waals surface area contributed by atoms with Gasteiger partial charge in [-0.2, -0.15) is 4.98 Å². The highest BCUT2D eigenvalue weighted by molar-refractivity contribution is 9.10. The van der Waals surface area contributed by atoms with Crippen molar-refractivity contribution in [3.63, 3.8) is 0 Å². The summed E-state index contributed by atoms with van der Waals surface area (Å²) in [5.41, 5.74) is 1.20. The highest BCUT2D eigenvalue weighted by Crippen LogP contribution is 2.30. The number of benzene rings is 1. The molecule has 200 valence electrons. The zero-order chi connectivity index (χ0) is 26.4. The summed E-state index contributed by atoms with van der Waals surface area (Å²) in [5, 5.41) is 12.9. The number of piperidine rings is 1. The minimum atomic E-state index is -0.105. The number of aromatic nitrogens is 2. The van der Waals surface area contributed by atoms with Crippen LogP contribution >= 0.6 is 15.9 Å². The van der Waals surface area contributed by atoms with Gasteiger partial charge in [-0.3, -0.25) is 9.59 Å². The van der Waals surface area contributed by atoms with Gasteiger partial charge < -0.3 is 30.9 Å². The molecule has 4 N–H and O–H groups in total. The van der Waals surface area contributed by atoms with Crippen molar-refractivity contribution in [3.05, 3.63) is 34.4 Å². The fraction of sp³-hybridized carbons (Fsp3) is 0.538. The van der Waals surface area contributed by atoms with Gasteiger partial charge in [0.15, 0.2) is 0 Å². The second kappa shape index (κ2) is 12.6. The highest BCUT2D eigenvalue weighted by Gasteiger charge is 2.27. The predicted octanol–water partition coefficient (Wildman–Crippen LogP) is 3.67. The molecule has 37 heavy (non-hydrogen) atoms. The smallest absolute Gasteiger partial charge is 0.251 e. The summed E-state index contributed by atoms with van der Waals surface area (Å²) in [7, 11) is 3.67. The molecule has 1 aromatic heterocycles. The number of amides is 2. The van der Waals surface area contributed by atoms with Gasteiger partial charge >= 0.3 is 0 Å². The van der Waals surface area contributed by atoms with Crippen LogP contribution < -0.4 is 26.0 Å². The first-order valence-corrected chi connectivity index (χ1v) is 13.6. The SMILES string of the molecule is COc1cc(C(=O)NC2CCN(C)CC2)ccc1Nc1ncc(Br)c(N[C@@H]2CCCC[C@H]2NC(C)=O)n1. The van der Waals surface area contributed by atoms with Crippen molar-refractivity contribution in [3.8, 4) is 5.75 Å². The fourth-order valence-corrected chi connectivity index (χ4v) is 5.22. The quantitative estimate of drug-likeness (QED) is 0.377. The van der Waals surface area contributed by atoms with Crippen LogP contribution in [0.2, 0.25) is 0 Å². The Balaban J connectivity index is 1.45. The second-order valence-electron chi connectivity index (χ2n) is 9.82. The first kappa shape index (κ1) is 27.1. The maximum Gasteiger partial charge on any atom is 0.251 e. The van der Waals surface area contributed by atoms with Crippen molar-refractivity contribution >= 4 is 45.2 Å². The van der Waals surface area contributed by atoms with E-state index in [1.165, 1.54) is 0 Å². The lowest BCUT2D eigenvalue weighted by atomic mass is 9.90. The number of rotatable bonds is 8. The Bertz CT molecular complexity index is 1110. The minimum Gasteiger partial charge on any atom is -0.495 e. The van der Waals surface area contributed by atoms with Gasteiger partial charge in [-0.05, 0) is 79.9 Å². The van der Waals surface area contributed by atoms with Crippen LogP contribution in [0.4, 0.5) is 17.5 Å². The van der Waals surface area contributed by atoms with Crippen molar-refractivity contribution in [2.45, 2.75) is 63.6 Å². The summed E-state index contributed by atoms with van der Waals surface area (Å²) in [6, 6.07) is 5.61. The monoisotopic (exact) mass is 573 g/mol. The molecular formula is C26H36BrN7O3. The summed E-state index contributed by atoms with van der Waals surface area (Å²) in [5.74, 6) is 1.42. The summed E-state index contributed by atoms with van der Waals surface area (Å²) >= 11 is 3.54. The van der Waals surface area contributed by atoms with E-state index in [4.69, 9.17) is 4.74 Å². The fourth-order valence-electron chi connectivity index (χ4n) is 4.92. The Morgan fingerprint density at radius 1 is 1.08 bits per heavy atom. The van der Waals surface area contributed by atoms with E-state index in [0.29, 0.717) is 28.8 Å². The van der Waals surface area contributed by atoms with Crippen molar-refractivity contribution in [1.29, 1.82) is 0 Å². The van der Waals surface area contributed by atoms with Crippen molar-refractivity contribution in [1.82, 2.24) is 25.5 Å². The molecule has 0 radical (unpaired) electrons. The number of nitrogens with one attached hydrogen (secondary N) is 4. The molecule has 2 amide bonds. The summed E-state index contributed by atoms with van der Waals surface area (Å²) in [4.78, 5) is 35.8. The lowest BCUT2D eigenvalue weighted by Crippen LogP contribution is -2.48. The molecule has 10 nitrogen and oxygen atoms in total. The predicted molar refractivity (Wildman–Crippen MR) is 147 cm³/mol. The maximum atomic E-state index is 12.8. The van der Waals surface area contributed by atoms with Gasteiger partial charge in [-0.15, -0.1) is 0 Å². The van der Waals surface area contributed by atoms with Crippen LogP contribution in [-0.2, 0) is 4.79 Å². The average Bonchev–Trinajstić information content (AvgIpc) is 2.88. The zero-order valence-electron chi connectivity index (χ0n) is 21.6. The second-order valence-corrected chi connectivity index (χ2v) is 10.7. The van der Waals surface area contributed by atoms with Crippen LogP contribution in [0.25, 0.3) is 0 Å². The van der Waals surface area contributed by atoms with Gasteiger partial charge in [0, 0.05) is 36.8 Å². The van der Waals surface area contributed by atoms with Gasteiger partial charge in [-0.25, -0.2) is 4.98 Å². The number of halogens is 1. The third kappa shape index (κ3) is 7.32. The van der Waals surface area contributed by atoms with E-state index in [1.807, 2.05) is 0 Å². The third-order valence-electron chi connectivity index (χ3n) is 6.98. The molecule has 2 heterocycles. The summed E-state index contributed by atoms with van der Waals surface area (Å²) in [6.45, 7) is 3.51. The number of likely N-dealkylation sites (tertiary alicyclic amines) is 1. The van der Waals surface area contributed by atoms with Crippen LogP contribution in [0, 0.1) is 0 Å². The van der Waals surface area contributed by atoms with Crippen molar-refractivity contribution in [2.24, 2.45) is 0 Å². The molecule has 2 aromatic rings. The van der Waals surface area contributed by atoms with Gasteiger partial charge in [0.1, 0.15) is 11.6 Å². The summed E-state index contributed by atoms with van der Waals surface area (Å²) in [6.07, 6.45) is 7.64. The molecule has 2 atom stereocenters. The molecule has 0 spiro atoms.